The Morgan fingerprint density at radius 1 is 1.26 bits per heavy atom. The third-order valence-electron chi connectivity index (χ3n) is 6.59. The first-order chi connectivity index (χ1) is 14.9. The van der Waals surface area contributed by atoms with Crippen LogP contribution in [-0.4, -0.2) is 54.2 Å². The first-order valence-electron chi connectivity index (χ1n) is 10.8. The Hall–Kier alpha value is -2.38. The van der Waals surface area contributed by atoms with Crippen LogP contribution >= 0.6 is 11.6 Å². The summed E-state index contributed by atoms with van der Waals surface area (Å²) in [6.07, 6.45) is 7.15. The van der Waals surface area contributed by atoms with Crippen molar-refractivity contribution in [1.29, 1.82) is 0 Å². The SMILES string of the molecule is Cc1cc(OCC(=O)CC23CC(Nc4cncc(N5CCOCC5)n4)(C2)C3)ccc1Cl. The molecule has 0 amide bonds. The molecule has 0 atom stereocenters. The summed E-state index contributed by atoms with van der Waals surface area (Å²) in [5.74, 6) is 2.53. The molecule has 164 valence electrons. The lowest BCUT2D eigenvalue weighted by atomic mass is 9.38. The van der Waals surface area contributed by atoms with E-state index in [1.54, 1.807) is 24.5 Å². The molecule has 2 aromatic rings. The number of hydrogen-bond donors (Lipinski definition) is 1. The topological polar surface area (TPSA) is 76.6 Å². The standard InChI is InChI=1S/C23H27ClN4O3/c1-16-8-18(2-3-19(16)24)31-12-17(29)9-22-13-23(14-22,15-22)27-20-10-25-11-21(26-20)28-4-6-30-7-5-28/h2-3,8,10-11H,4-7,9,12-15H2,1H3,(H,26,27). The van der Waals surface area contributed by atoms with Crippen LogP contribution in [0, 0.1) is 12.3 Å². The molecule has 8 heteroatoms. The number of rotatable bonds is 8. The Balaban J connectivity index is 1.10. The number of ether oxygens (including phenoxy) is 2. The number of Topliss-reactive ketones (excluding diaryl/α,β-unsaturated/α-hetero) is 1. The summed E-state index contributed by atoms with van der Waals surface area (Å²) in [6.45, 7) is 5.16. The Bertz CT molecular complexity index is 973. The molecule has 6 rings (SSSR count). The molecule has 1 N–H and O–H groups in total. The predicted molar refractivity (Wildman–Crippen MR) is 119 cm³/mol. The van der Waals surface area contributed by atoms with Gasteiger partial charge in [-0.05, 0) is 55.4 Å². The number of anilines is 2. The number of carbonyl (C=O) groups is 1. The second-order valence-corrected chi connectivity index (χ2v) is 9.62. The van der Waals surface area contributed by atoms with Gasteiger partial charge in [-0.3, -0.25) is 9.78 Å². The molecule has 7 nitrogen and oxygen atoms in total. The van der Waals surface area contributed by atoms with Gasteiger partial charge in [-0.1, -0.05) is 11.6 Å². The van der Waals surface area contributed by atoms with E-state index in [2.05, 4.69) is 15.2 Å². The van der Waals surface area contributed by atoms with Gasteiger partial charge in [0, 0.05) is 30.1 Å². The van der Waals surface area contributed by atoms with Gasteiger partial charge in [0.2, 0.25) is 0 Å². The number of halogens is 1. The van der Waals surface area contributed by atoms with E-state index in [1.807, 2.05) is 13.0 Å². The van der Waals surface area contributed by atoms with Crippen LogP contribution in [0.4, 0.5) is 11.6 Å². The van der Waals surface area contributed by atoms with Crippen molar-refractivity contribution in [2.24, 2.45) is 5.41 Å². The van der Waals surface area contributed by atoms with Crippen LogP contribution in [-0.2, 0) is 9.53 Å². The molecule has 1 aromatic carbocycles. The molecule has 4 aliphatic rings. The number of aromatic nitrogens is 2. The molecule has 1 saturated heterocycles. The number of carbonyl (C=O) groups excluding carboxylic acids is 1. The molecular formula is C23H27ClN4O3. The van der Waals surface area contributed by atoms with Gasteiger partial charge in [0.05, 0.1) is 25.6 Å². The van der Waals surface area contributed by atoms with Gasteiger partial charge in [0.25, 0.3) is 0 Å². The number of ketones is 1. The summed E-state index contributed by atoms with van der Waals surface area (Å²) in [7, 11) is 0. The van der Waals surface area contributed by atoms with Gasteiger partial charge in [0.15, 0.2) is 5.78 Å². The van der Waals surface area contributed by atoms with Crippen molar-refractivity contribution in [3.8, 4) is 5.75 Å². The average molecular weight is 443 g/mol. The molecule has 0 unspecified atom stereocenters. The van der Waals surface area contributed by atoms with E-state index in [-0.39, 0.29) is 23.3 Å². The average Bonchev–Trinajstić information content (AvgIpc) is 2.73. The van der Waals surface area contributed by atoms with Crippen molar-refractivity contribution >= 4 is 29.0 Å². The van der Waals surface area contributed by atoms with E-state index >= 15 is 0 Å². The molecular weight excluding hydrogens is 416 g/mol. The highest BCUT2D eigenvalue weighted by molar-refractivity contribution is 6.31. The highest BCUT2D eigenvalue weighted by Gasteiger charge is 2.68. The smallest absolute Gasteiger partial charge is 0.170 e. The Kier molecular flexibility index (Phi) is 5.26. The second kappa shape index (κ2) is 7.95. The summed E-state index contributed by atoms with van der Waals surface area (Å²) in [4.78, 5) is 23.8. The van der Waals surface area contributed by atoms with Crippen molar-refractivity contribution in [1.82, 2.24) is 9.97 Å². The Morgan fingerprint density at radius 2 is 2.03 bits per heavy atom. The van der Waals surface area contributed by atoms with Crippen LogP contribution in [0.15, 0.2) is 30.6 Å². The van der Waals surface area contributed by atoms with Crippen LogP contribution in [0.1, 0.15) is 31.2 Å². The third-order valence-corrected chi connectivity index (χ3v) is 7.02. The Labute approximate surface area is 187 Å². The van der Waals surface area contributed by atoms with Gasteiger partial charge >= 0.3 is 0 Å². The molecule has 2 heterocycles. The maximum atomic E-state index is 12.5. The minimum atomic E-state index is 0.0622. The zero-order valence-electron chi connectivity index (χ0n) is 17.7. The predicted octanol–water partition coefficient (Wildman–Crippen LogP) is 3.65. The van der Waals surface area contributed by atoms with Crippen molar-refractivity contribution in [2.75, 3.05) is 43.1 Å². The number of aryl methyl sites for hydroxylation is 1. The van der Waals surface area contributed by atoms with Crippen molar-refractivity contribution in [2.45, 2.75) is 38.1 Å². The molecule has 1 aromatic heterocycles. The first-order valence-corrected chi connectivity index (χ1v) is 11.2. The second-order valence-electron chi connectivity index (χ2n) is 9.21. The number of hydrogen-bond acceptors (Lipinski definition) is 7. The number of nitrogens with zero attached hydrogens (tertiary/aromatic N) is 3. The fourth-order valence-corrected chi connectivity index (χ4v) is 5.41. The molecule has 3 saturated carbocycles. The minimum Gasteiger partial charge on any atom is -0.486 e. The van der Waals surface area contributed by atoms with Gasteiger partial charge < -0.3 is 19.7 Å². The molecule has 4 fully saturated rings. The zero-order chi connectivity index (χ0) is 21.5. The fraction of sp³-hybridized carbons (Fsp3) is 0.522. The van der Waals surface area contributed by atoms with Crippen LogP contribution in [0.3, 0.4) is 0 Å². The van der Waals surface area contributed by atoms with Crippen molar-refractivity contribution in [3.05, 3.63) is 41.2 Å². The number of morpholine rings is 1. The van der Waals surface area contributed by atoms with Crippen LogP contribution in [0.2, 0.25) is 5.02 Å². The maximum Gasteiger partial charge on any atom is 0.170 e. The molecule has 0 radical (unpaired) electrons. The fourth-order valence-electron chi connectivity index (χ4n) is 5.29. The van der Waals surface area contributed by atoms with E-state index in [0.717, 1.165) is 62.8 Å². The van der Waals surface area contributed by atoms with Gasteiger partial charge in [-0.25, -0.2) is 4.98 Å². The highest BCUT2D eigenvalue weighted by atomic mass is 35.5. The summed E-state index contributed by atoms with van der Waals surface area (Å²) in [5.41, 5.74) is 1.13. The first kappa shape index (κ1) is 20.5. The van der Waals surface area contributed by atoms with E-state index in [1.165, 1.54) is 0 Å². The van der Waals surface area contributed by atoms with Crippen molar-refractivity contribution < 1.29 is 14.3 Å². The van der Waals surface area contributed by atoms with Gasteiger partial charge in [-0.15, -0.1) is 0 Å². The number of nitrogens with one attached hydrogen (secondary N) is 1. The van der Waals surface area contributed by atoms with Crippen LogP contribution < -0.4 is 15.0 Å². The van der Waals surface area contributed by atoms with Crippen molar-refractivity contribution in [3.63, 3.8) is 0 Å². The quantitative estimate of drug-likeness (QED) is 0.668. The summed E-state index contributed by atoms with van der Waals surface area (Å²) >= 11 is 6.04. The highest BCUT2D eigenvalue weighted by Crippen LogP contribution is 2.70. The molecule has 3 aliphatic carbocycles. The summed E-state index contributed by atoms with van der Waals surface area (Å²) in [5, 5.41) is 4.28. The normalized spacial score (nSPS) is 26.6. The van der Waals surface area contributed by atoms with E-state index in [9.17, 15) is 4.79 Å². The molecule has 2 bridgehead atoms. The molecule has 1 aliphatic heterocycles. The summed E-state index contributed by atoms with van der Waals surface area (Å²) in [6, 6.07) is 5.46. The largest absolute Gasteiger partial charge is 0.486 e. The number of benzene rings is 1. The lowest BCUT2D eigenvalue weighted by Crippen LogP contribution is -2.71. The zero-order valence-corrected chi connectivity index (χ0v) is 18.5. The monoisotopic (exact) mass is 442 g/mol. The van der Waals surface area contributed by atoms with E-state index in [0.29, 0.717) is 17.2 Å². The van der Waals surface area contributed by atoms with Crippen LogP contribution in [0.5, 0.6) is 5.75 Å². The van der Waals surface area contributed by atoms with Crippen LogP contribution in [0.25, 0.3) is 0 Å². The summed E-state index contributed by atoms with van der Waals surface area (Å²) < 4.78 is 11.1. The lowest BCUT2D eigenvalue weighted by Gasteiger charge is -2.70. The Morgan fingerprint density at radius 3 is 2.77 bits per heavy atom. The minimum absolute atomic E-state index is 0.0622. The lowest BCUT2D eigenvalue weighted by molar-refractivity contribution is -0.147. The van der Waals surface area contributed by atoms with Gasteiger partial charge in [0.1, 0.15) is 24.0 Å². The third kappa shape index (κ3) is 4.21. The van der Waals surface area contributed by atoms with E-state index in [4.69, 9.17) is 26.1 Å². The van der Waals surface area contributed by atoms with Gasteiger partial charge in [-0.2, -0.15) is 0 Å². The van der Waals surface area contributed by atoms with E-state index < -0.39 is 0 Å². The molecule has 31 heavy (non-hydrogen) atoms. The maximum absolute atomic E-state index is 12.5. The molecule has 0 spiro atoms.